The van der Waals surface area contributed by atoms with Crippen molar-refractivity contribution in [1.82, 2.24) is 0 Å². The first-order valence-corrected chi connectivity index (χ1v) is 7.25. The normalized spacial score (nSPS) is 24.3. The minimum Gasteiger partial charge on any atom is -0.481 e. The molecule has 2 unspecified atom stereocenters. The maximum atomic E-state index is 11.0. The molecule has 0 spiro atoms. The van der Waals surface area contributed by atoms with E-state index in [4.69, 9.17) is 5.11 Å². The van der Waals surface area contributed by atoms with Gasteiger partial charge in [0.05, 0.1) is 5.92 Å². The zero-order valence-corrected chi connectivity index (χ0v) is 12.0. The van der Waals surface area contributed by atoms with E-state index in [1.165, 1.54) is 16.7 Å². The second-order valence-electron chi connectivity index (χ2n) is 5.58. The lowest BCUT2D eigenvalue weighted by molar-refractivity contribution is -0.139. The highest BCUT2D eigenvalue weighted by Gasteiger charge is 2.21. The van der Waals surface area contributed by atoms with Crippen LogP contribution in [0.4, 0.5) is 0 Å². The smallest absolute Gasteiger partial charge is 0.310 e. The number of carboxylic acids is 1. The fraction of sp³-hybridized carbons (Fsp3) is 0.167. The van der Waals surface area contributed by atoms with Gasteiger partial charge in [0.2, 0.25) is 0 Å². The third-order valence-corrected chi connectivity index (χ3v) is 4.09. The topological polar surface area (TPSA) is 37.3 Å². The molecular formula is C18H17BO2. The van der Waals surface area contributed by atoms with Crippen molar-refractivity contribution in [3.05, 3.63) is 77.4 Å². The highest BCUT2D eigenvalue weighted by atomic mass is 16.4. The van der Waals surface area contributed by atoms with Crippen molar-refractivity contribution in [2.75, 3.05) is 0 Å². The van der Waals surface area contributed by atoms with E-state index in [0.717, 1.165) is 5.57 Å². The zero-order chi connectivity index (χ0) is 14.8. The van der Waals surface area contributed by atoms with Crippen LogP contribution in [0.5, 0.6) is 0 Å². The Labute approximate surface area is 125 Å². The summed E-state index contributed by atoms with van der Waals surface area (Å²) in [4.78, 5) is 11.0. The first-order chi connectivity index (χ1) is 10.1. The van der Waals surface area contributed by atoms with Crippen molar-refractivity contribution in [2.45, 2.75) is 12.2 Å². The van der Waals surface area contributed by atoms with E-state index in [-0.39, 0.29) is 5.92 Å². The quantitative estimate of drug-likeness (QED) is 0.862. The molecule has 1 aromatic carbocycles. The Balaban J connectivity index is 1.83. The van der Waals surface area contributed by atoms with Gasteiger partial charge in [-0.25, -0.2) is 0 Å². The van der Waals surface area contributed by atoms with E-state index < -0.39 is 5.97 Å². The summed E-state index contributed by atoms with van der Waals surface area (Å²) in [6.07, 6.45) is 10.8. The van der Waals surface area contributed by atoms with Gasteiger partial charge in [-0.2, -0.15) is 0 Å². The van der Waals surface area contributed by atoms with Gasteiger partial charge in [-0.1, -0.05) is 60.7 Å². The van der Waals surface area contributed by atoms with E-state index in [1.54, 1.807) is 6.08 Å². The van der Waals surface area contributed by atoms with Crippen LogP contribution in [0.2, 0.25) is 5.82 Å². The highest BCUT2D eigenvalue weighted by Crippen LogP contribution is 2.38. The summed E-state index contributed by atoms with van der Waals surface area (Å²) in [6.45, 7) is 0. The Hall–Kier alpha value is -2.29. The molecule has 0 bridgehead atoms. The monoisotopic (exact) mass is 276 g/mol. The first kappa shape index (κ1) is 13.7. The molecule has 3 heteroatoms. The Kier molecular flexibility index (Phi) is 3.65. The lowest BCUT2D eigenvalue weighted by atomic mass is 9.80. The van der Waals surface area contributed by atoms with Crippen LogP contribution >= 0.6 is 0 Å². The molecule has 0 heterocycles. The van der Waals surface area contributed by atoms with Gasteiger partial charge in [-0.3, -0.25) is 4.79 Å². The summed E-state index contributed by atoms with van der Waals surface area (Å²) in [5.74, 6) is -0.754. The van der Waals surface area contributed by atoms with E-state index in [2.05, 4.69) is 44.3 Å². The van der Waals surface area contributed by atoms with Gasteiger partial charge in [0.25, 0.3) is 0 Å². The van der Waals surface area contributed by atoms with Crippen molar-refractivity contribution in [1.29, 1.82) is 0 Å². The Morgan fingerprint density at radius 2 is 1.95 bits per heavy atom. The largest absolute Gasteiger partial charge is 0.481 e. The molecule has 0 fully saturated rings. The molecule has 0 saturated heterocycles. The average Bonchev–Trinajstić information content (AvgIpc) is 2.90. The van der Waals surface area contributed by atoms with E-state index in [9.17, 15) is 4.79 Å². The third-order valence-electron chi connectivity index (χ3n) is 4.09. The minimum absolute atomic E-state index is 0.383. The molecule has 0 saturated carbocycles. The lowest BCUT2D eigenvalue weighted by Crippen LogP contribution is -2.12. The van der Waals surface area contributed by atoms with Gasteiger partial charge in [0, 0.05) is 0 Å². The van der Waals surface area contributed by atoms with Crippen LogP contribution in [0.3, 0.4) is 0 Å². The van der Waals surface area contributed by atoms with Crippen LogP contribution in [-0.4, -0.2) is 18.9 Å². The summed E-state index contributed by atoms with van der Waals surface area (Å²) < 4.78 is 0. The molecule has 0 amide bonds. The first-order valence-electron chi connectivity index (χ1n) is 7.25. The van der Waals surface area contributed by atoms with Gasteiger partial charge in [0.15, 0.2) is 0 Å². The van der Waals surface area contributed by atoms with Crippen LogP contribution in [-0.2, 0) is 4.79 Å². The maximum Gasteiger partial charge on any atom is 0.310 e. The molecule has 0 aromatic heterocycles. The number of aliphatic carboxylic acids is 1. The van der Waals surface area contributed by atoms with Gasteiger partial charge in [0.1, 0.15) is 7.85 Å². The van der Waals surface area contributed by atoms with Crippen molar-refractivity contribution >= 4 is 19.4 Å². The molecule has 2 atom stereocenters. The summed E-state index contributed by atoms with van der Waals surface area (Å²) in [5, 5.41) is 9.02. The Morgan fingerprint density at radius 3 is 2.57 bits per heavy atom. The number of rotatable bonds is 3. The summed E-state index contributed by atoms with van der Waals surface area (Å²) in [6, 6.07) is 10.4. The van der Waals surface area contributed by atoms with Crippen LogP contribution in [0.15, 0.2) is 71.9 Å². The predicted octanol–water partition coefficient (Wildman–Crippen LogP) is 3.02. The molecule has 1 aromatic rings. The fourth-order valence-corrected chi connectivity index (χ4v) is 2.88. The minimum atomic E-state index is -0.754. The van der Waals surface area contributed by atoms with Crippen LogP contribution < -0.4 is 0 Å². The van der Waals surface area contributed by atoms with Gasteiger partial charge in [-0.05, 0) is 34.5 Å². The Bertz CT molecular complexity index is 680. The van der Waals surface area contributed by atoms with E-state index >= 15 is 0 Å². The molecular weight excluding hydrogens is 259 g/mol. The molecule has 2 nitrogen and oxygen atoms in total. The molecule has 2 aliphatic carbocycles. The molecule has 104 valence electrons. The molecule has 3 rings (SSSR count). The molecule has 21 heavy (non-hydrogen) atoms. The zero-order valence-electron chi connectivity index (χ0n) is 12.0. The lowest BCUT2D eigenvalue weighted by Gasteiger charge is -2.12. The van der Waals surface area contributed by atoms with Crippen molar-refractivity contribution < 1.29 is 9.90 Å². The van der Waals surface area contributed by atoms with Crippen LogP contribution in [0.1, 0.15) is 12.0 Å². The third kappa shape index (κ3) is 2.77. The molecule has 2 aliphatic rings. The van der Waals surface area contributed by atoms with Gasteiger partial charge < -0.3 is 5.11 Å². The number of hydrogen-bond donors (Lipinski definition) is 1. The average molecular weight is 276 g/mol. The number of hydrogen-bond acceptors (Lipinski definition) is 1. The predicted molar refractivity (Wildman–Crippen MR) is 87.8 cm³/mol. The molecule has 0 aliphatic heterocycles. The second kappa shape index (κ2) is 5.61. The van der Waals surface area contributed by atoms with Crippen molar-refractivity contribution in [2.24, 2.45) is 5.92 Å². The SMILES string of the molecule is BC1C=C(C2=CCC(C(=O)O)C=C2)C=C1c1ccccc1. The summed E-state index contributed by atoms with van der Waals surface area (Å²) in [5.41, 5.74) is 4.90. The fourth-order valence-electron chi connectivity index (χ4n) is 2.88. The van der Waals surface area contributed by atoms with E-state index in [1.807, 2.05) is 18.2 Å². The standard InChI is InChI=1S/C18H17BO2/c19-17-11-15(10-16(17)13-4-2-1-3-5-13)12-6-8-14(9-7-12)18(20)21/h1-8,10-11,14,17H,9,19H2,(H,20,21). The maximum absolute atomic E-state index is 11.0. The van der Waals surface area contributed by atoms with Crippen molar-refractivity contribution in [3.8, 4) is 0 Å². The van der Waals surface area contributed by atoms with Crippen LogP contribution in [0, 0.1) is 5.92 Å². The van der Waals surface area contributed by atoms with Gasteiger partial charge >= 0.3 is 5.97 Å². The summed E-state index contributed by atoms with van der Waals surface area (Å²) in [7, 11) is 2.19. The van der Waals surface area contributed by atoms with E-state index in [0.29, 0.717) is 12.2 Å². The summed E-state index contributed by atoms with van der Waals surface area (Å²) >= 11 is 0. The van der Waals surface area contributed by atoms with Crippen LogP contribution in [0.25, 0.3) is 5.57 Å². The molecule has 1 N–H and O–H groups in total. The van der Waals surface area contributed by atoms with Gasteiger partial charge in [-0.15, -0.1) is 0 Å². The molecule has 0 radical (unpaired) electrons. The van der Waals surface area contributed by atoms with Crippen molar-refractivity contribution in [3.63, 3.8) is 0 Å². The second-order valence-corrected chi connectivity index (χ2v) is 5.58. The number of allylic oxidation sites excluding steroid dienone is 7. The Morgan fingerprint density at radius 1 is 1.19 bits per heavy atom. The highest BCUT2D eigenvalue weighted by molar-refractivity contribution is 6.21. The number of benzene rings is 1. The number of carbonyl (C=O) groups is 1. The number of carboxylic acid groups (broad SMARTS) is 1.